The Morgan fingerprint density at radius 1 is 1.11 bits per heavy atom. The summed E-state index contributed by atoms with van der Waals surface area (Å²) in [6, 6.07) is 16.5. The standard InChI is InChI=1S/C16H15NOS/c1-12-6-8-13(9-7-12)10-17-14-4-2-3-5-15(14)19-11-16(17)18/h2-9H,10-11H2,1H3. The molecule has 2 aromatic carbocycles. The molecule has 3 rings (SSSR count). The Morgan fingerprint density at radius 3 is 2.63 bits per heavy atom. The van der Waals surface area contributed by atoms with Gasteiger partial charge in [-0.1, -0.05) is 42.0 Å². The second-order valence-corrected chi connectivity index (χ2v) is 5.74. The summed E-state index contributed by atoms with van der Waals surface area (Å²) in [4.78, 5) is 15.2. The minimum atomic E-state index is 0.185. The lowest BCUT2D eigenvalue weighted by Crippen LogP contribution is -2.34. The molecule has 0 atom stereocenters. The molecule has 0 unspecified atom stereocenters. The first-order valence-electron chi connectivity index (χ1n) is 6.32. The summed E-state index contributed by atoms with van der Waals surface area (Å²) in [6.45, 7) is 2.72. The summed E-state index contributed by atoms with van der Waals surface area (Å²) in [5, 5.41) is 0. The van der Waals surface area contributed by atoms with E-state index in [1.807, 2.05) is 23.1 Å². The average molecular weight is 269 g/mol. The molecule has 0 saturated heterocycles. The minimum absolute atomic E-state index is 0.185. The Labute approximate surface area is 117 Å². The number of nitrogens with zero attached hydrogens (tertiary/aromatic N) is 1. The van der Waals surface area contributed by atoms with E-state index in [0.717, 1.165) is 5.69 Å². The third-order valence-electron chi connectivity index (χ3n) is 3.27. The van der Waals surface area contributed by atoms with Crippen LogP contribution in [0.1, 0.15) is 11.1 Å². The van der Waals surface area contributed by atoms with E-state index < -0.39 is 0 Å². The minimum Gasteiger partial charge on any atom is -0.306 e. The van der Waals surface area contributed by atoms with Crippen LogP contribution in [0.3, 0.4) is 0 Å². The van der Waals surface area contributed by atoms with Crippen molar-refractivity contribution in [1.29, 1.82) is 0 Å². The number of para-hydroxylation sites is 1. The lowest BCUT2D eigenvalue weighted by Gasteiger charge is -2.29. The van der Waals surface area contributed by atoms with Crippen molar-refractivity contribution in [2.24, 2.45) is 0 Å². The monoisotopic (exact) mass is 269 g/mol. The van der Waals surface area contributed by atoms with Crippen molar-refractivity contribution in [3.63, 3.8) is 0 Å². The van der Waals surface area contributed by atoms with Crippen LogP contribution in [-0.4, -0.2) is 11.7 Å². The van der Waals surface area contributed by atoms with Gasteiger partial charge in [0.25, 0.3) is 0 Å². The van der Waals surface area contributed by atoms with Crippen LogP contribution < -0.4 is 4.90 Å². The number of aryl methyl sites for hydroxylation is 1. The lowest BCUT2D eigenvalue weighted by molar-refractivity contribution is -0.116. The fourth-order valence-corrected chi connectivity index (χ4v) is 3.14. The molecule has 1 amide bonds. The van der Waals surface area contributed by atoms with Crippen molar-refractivity contribution in [3.8, 4) is 0 Å². The summed E-state index contributed by atoms with van der Waals surface area (Å²) in [6.07, 6.45) is 0. The molecule has 1 aliphatic rings. The zero-order chi connectivity index (χ0) is 13.2. The quantitative estimate of drug-likeness (QED) is 0.829. The van der Waals surface area contributed by atoms with Crippen molar-refractivity contribution in [2.45, 2.75) is 18.4 Å². The third kappa shape index (κ3) is 2.51. The van der Waals surface area contributed by atoms with Crippen molar-refractivity contribution in [1.82, 2.24) is 0 Å². The summed E-state index contributed by atoms with van der Waals surface area (Å²) >= 11 is 1.62. The van der Waals surface area contributed by atoms with Gasteiger partial charge in [0.15, 0.2) is 0 Å². The highest BCUT2D eigenvalue weighted by Gasteiger charge is 2.24. The molecule has 1 aliphatic heterocycles. The smallest absolute Gasteiger partial charge is 0.237 e. The molecule has 2 nitrogen and oxygen atoms in total. The Kier molecular flexibility index (Phi) is 3.30. The largest absolute Gasteiger partial charge is 0.306 e. The Morgan fingerprint density at radius 2 is 1.84 bits per heavy atom. The number of carbonyl (C=O) groups is 1. The first-order chi connectivity index (χ1) is 9.24. The van der Waals surface area contributed by atoms with E-state index in [2.05, 4.69) is 37.3 Å². The predicted octanol–water partition coefficient (Wildman–Crippen LogP) is 3.63. The fraction of sp³-hybridized carbons (Fsp3) is 0.188. The highest BCUT2D eigenvalue weighted by molar-refractivity contribution is 8.00. The maximum atomic E-state index is 12.1. The normalized spacial score (nSPS) is 14.4. The van der Waals surface area contributed by atoms with Crippen molar-refractivity contribution in [2.75, 3.05) is 10.7 Å². The maximum Gasteiger partial charge on any atom is 0.237 e. The summed E-state index contributed by atoms with van der Waals surface area (Å²) in [5.41, 5.74) is 3.44. The molecular weight excluding hydrogens is 254 g/mol. The second kappa shape index (κ2) is 5.10. The second-order valence-electron chi connectivity index (χ2n) is 4.72. The van der Waals surface area contributed by atoms with Gasteiger partial charge in [-0.25, -0.2) is 0 Å². The number of fused-ring (bicyclic) bond motifs is 1. The van der Waals surface area contributed by atoms with Crippen molar-refractivity contribution < 1.29 is 4.79 Å². The van der Waals surface area contributed by atoms with Crippen LogP contribution in [0.5, 0.6) is 0 Å². The molecule has 0 radical (unpaired) electrons. The molecule has 0 saturated carbocycles. The molecule has 3 heteroatoms. The molecule has 96 valence electrons. The predicted molar refractivity (Wildman–Crippen MR) is 79.5 cm³/mol. The van der Waals surface area contributed by atoms with Crippen LogP contribution in [0.25, 0.3) is 0 Å². The molecule has 0 fully saturated rings. The number of carbonyl (C=O) groups excluding carboxylic acids is 1. The van der Waals surface area contributed by atoms with Gasteiger partial charge in [0, 0.05) is 4.90 Å². The zero-order valence-electron chi connectivity index (χ0n) is 10.8. The van der Waals surface area contributed by atoms with Gasteiger partial charge < -0.3 is 4.90 Å². The average Bonchev–Trinajstić information content (AvgIpc) is 2.44. The topological polar surface area (TPSA) is 20.3 Å². The van der Waals surface area contributed by atoms with E-state index in [1.165, 1.54) is 16.0 Å². The van der Waals surface area contributed by atoms with E-state index in [1.54, 1.807) is 11.8 Å². The van der Waals surface area contributed by atoms with E-state index >= 15 is 0 Å². The first-order valence-corrected chi connectivity index (χ1v) is 7.30. The van der Waals surface area contributed by atoms with Crippen LogP contribution in [0, 0.1) is 6.92 Å². The molecule has 0 N–H and O–H groups in total. The van der Waals surface area contributed by atoms with E-state index in [4.69, 9.17) is 0 Å². The van der Waals surface area contributed by atoms with Gasteiger partial charge in [-0.05, 0) is 24.6 Å². The number of hydrogen-bond acceptors (Lipinski definition) is 2. The lowest BCUT2D eigenvalue weighted by atomic mass is 10.1. The molecule has 0 bridgehead atoms. The van der Waals surface area contributed by atoms with Gasteiger partial charge in [0.2, 0.25) is 5.91 Å². The van der Waals surface area contributed by atoms with Crippen LogP contribution in [0.2, 0.25) is 0 Å². The summed E-state index contributed by atoms with van der Waals surface area (Å²) in [7, 11) is 0. The molecular formula is C16H15NOS. The summed E-state index contributed by atoms with van der Waals surface area (Å²) < 4.78 is 0. The van der Waals surface area contributed by atoms with Crippen molar-refractivity contribution >= 4 is 23.4 Å². The van der Waals surface area contributed by atoms with Gasteiger partial charge in [0.1, 0.15) is 0 Å². The first kappa shape index (κ1) is 12.3. The van der Waals surface area contributed by atoms with Gasteiger partial charge in [-0.2, -0.15) is 0 Å². The van der Waals surface area contributed by atoms with Crippen LogP contribution in [-0.2, 0) is 11.3 Å². The highest BCUT2D eigenvalue weighted by Crippen LogP contribution is 2.35. The molecule has 0 aromatic heterocycles. The molecule has 19 heavy (non-hydrogen) atoms. The number of amides is 1. The number of thioether (sulfide) groups is 1. The molecule has 0 aliphatic carbocycles. The van der Waals surface area contributed by atoms with Crippen LogP contribution >= 0.6 is 11.8 Å². The van der Waals surface area contributed by atoms with E-state index in [9.17, 15) is 4.79 Å². The maximum absolute atomic E-state index is 12.1. The number of rotatable bonds is 2. The molecule has 1 heterocycles. The van der Waals surface area contributed by atoms with Gasteiger partial charge in [-0.15, -0.1) is 11.8 Å². The zero-order valence-corrected chi connectivity index (χ0v) is 11.6. The number of anilines is 1. The summed E-state index contributed by atoms with van der Waals surface area (Å²) in [5.74, 6) is 0.715. The van der Waals surface area contributed by atoms with Gasteiger partial charge in [0.05, 0.1) is 18.0 Å². The molecule has 0 spiro atoms. The number of benzene rings is 2. The highest BCUT2D eigenvalue weighted by atomic mass is 32.2. The molecule has 2 aromatic rings. The van der Waals surface area contributed by atoms with Crippen molar-refractivity contribution in [3.05, 3.63) is 59.7 Å². The van der Waals surface area contributed by atoms with Crippen LogP contribution in [0.15, 0.2) is 53.4 Å². The number of hydrogen-bond donors (Lipinski definition) is 0. The fourth-order valence-electron chi connectivity index (χ4n) is 2.20. The Balaban J connectivity index is 1.91. The third-order valence-corrected chi connectivity index (χ3v) is 4.32. The van der Waals surface area contributed by atoms with E-state index in [0.29, 0.717) is 12.3 Å². The van der Waals surface area contributed by atoms with Gasteiger partial charge >= 0.3 is 0 Å². The van der Waals surface area contributed by atoms with Crippen LogP contribution in [0.4, 0.5) is 5.69 Å². The Hall–Kier alpha value is -1.74. The Bertz CT molecular complexity index is 606. The SMILES string of the molecule is Cc1ccc(CN2C(=O)CSc3ccccc32)cc1. The van der Waals surface area contributed by atoms with E-state index in [-0.39, 0.29) is 5.91 Å². The van der Waals surface area contributed by atoms with Gasteiger partial charge in [-0.3, -0.25) is 4.79 Å².